The average Bonchev–Trinajstić information content (AvgIpc) is 2.84. The Labute approximate surface area is 193 Å². The highest BCUT2D eigenvalue weighted by Gasteiger charge is 2.30. The molecule has 8 nitrogen and oxygen atoms in total. The molecule has 2 aromatic heterocycles. The molecule has 1 amide bonds. The Morgan fingerprint density at radius 2 is 1.72 bits per heavy atom. The van der Waals surface area contributed by atoms with Crippen LogP contribution in [0, 0.1) is 0 Å². The maximum Gasteiger partial charge on any atom is 0.278 e. The largest absolute Gasteiger partial charge is 0.339 e. The van der Waals surface area contributed by atoms with Gasteiger partial charge in [0.1, 0.15) is 5.69 Å². The molecule has 32 heavy (non-hydrogen) atoms. The van der Waals surface area contributed by atoms with E-state index in [0.717, 1.165) is 32.7 Å². The lowest BCUT2D eigenvalue weighted by Gasteiger charge is -2.39. The number of piperazine rings is 1. The fraction of sp³-hybridized carbons (Fsp3) is 0.217. The summed E-state index contributed by atoms with van der Waals surface area (Å²) in [6, 6.07) is 17.6. The van der Waals surface area contributed by atoms with Crippen LogP contribution in [-0.4, -0.2) is 57.8 Å². The van der Waals surface area contributed by atoms with Gasteiger partial charge in [0.15, 0.2) is 5.82 Å². The van der Waals surface area contributed by atoms with Gasteiger partial charge in [0.05, 0.1) is 5.56 Å². The molecule has 1 saturated heterocycles. The van der Waals surface area contributed by atoms with Crippen LogP contribution in [0.15, 0.2) is 78.2 Å². The summed E-state index contributed by atoms with van der Waals surface area (Å²) >= 11 is 0. The molecule has 0 radical (unpaired) electrons. The maximum atomic E-state index is 13.2. The van der Waals surface area contributed by atoms with Gasteiger partial charge in [0, 0.05) is 51.3 Å². The van der Waals surface area contributed by atoms with Gasteiger partial charge in [-0.05, 0) is 29.8 Å². The summed E-state index contributed by atoms with van der Waals surface area (Å²) in [5.74, 6) is 0.973. The quantitative estimate of drug-likeness (QED) is 0.662. The minimum absolute atomic E-state index is 0. The van der Waals surface area contributed by atoms with Gasteiger partial charge in [-0.2, -0.15) is 4.99 Å². The van der Waals surface area contributed by atoms with Gasteiger partial charge < -0.3 is 4.90 Å². The van der Waals surface area contributed by atoms with Crippen LogP contribution < -0.4 is 10.4 Å². The number of guanidine groups is 1. The summed E-state index contributed by atoms with van der Waals surface area (Å²) in [6.45, 7) is 4.40. The summed E-state index contributed by atoms with van der Waals surface area (Å²) in [7, 11) is 0. The molecule has 3 aromatic rings. The van der Waals surface area contributed by atoms with Crippen molar-refractivity contribution in [3.63, 3.8) is 0 Å². The van der Waals surface area contributed by atoms with Crippen LogP contribution in [0.1, 0.15) is 15.9 Å². The number of nitrogens with one attached hydrogen (secondary N) is 1. The predicted molar refractivity (Wildman–Crippen MR) is 126 cm³/mol. The van der Waals surface area contributed by atoms with Crippen LogP contribution in [0.4, 0.5) is 11.5 Å². The van der Waals surface area contributed by atoms with Crippen LogP contribution in [0.25, 0.3) is 0 Å². The highest BCUT2D eigenvalue weighted by molar-refractivity contribution is 6.10. The van der Waals surface area contributed by atoms with Crippen molar-refractivity contribution in [2.45, 2.75) is 6.54 Å². The van der Waals surface area contributed by atoms with Gasteiger partial charge in [-0.3, -0.25) is 20.1 Å². The fourth-order valence-corrected chi connectivity index (χ4v) is 3.81. The molecule has 0 spiro atoms. The number of hydrogen-bond acceptors (Lipinski definition) is 7. The summed E-state index contributed by atoms with van der Waals surface area (Å²) in [5, 5.41) is 1.51. The highest BCUT2D eigenvalue weighted by Crippen LogP contribution is 2.29. The molecule has 2 aliphatic rings. The Hall–Kier alpha value is -3.49. The smallest absolute Gasteiger partial charge is 0.278 e. The Morgan fingerprint density at radius 3 is 2.47 bits per heavy atom. The van der Waals surface area contributed by atoms with Crippen molar-refractivity contribution in [2.24, 2.45) is 4.99 Å². The summed E-state index contributed by atoms with van der Waals surface area (Å²) in [4.78, 5) is 30.9. The van der Waals surface area contributed by atoms with E-state index in [1.54, 1.807) is 36.8 Å². The number of rotatable bonds is 3. The van der Waals surface area contributed by atoms with Gasteiger partial charge in [0.2, 0.25) is 5.96 Å². The van der Waals surface area contributed by atoms with Crippen LogP contribution in [0.5, 0.6) is 0 Å². The average molecular weight is 450 g/mol. The van der Waals surface area contributed by atoms with E-state index < -0.39 is 0 Å². The number of fused-ring (bicyclic) bond motifs is 1. The number of amides is 1. The molecule has 1 fully saturated rings. The third-order valence-corrected chi connectivity index (χ3v) is 5.46. The molecular formula is C23H24ClN7O. The Kier molecular flexibility index (Phi) is 6.63. The third-order valence-electron chi connectivity index (χ3n) is 5.46. The number of anilines is 1. The van der Waals surface area contributed by atoms with Gasteiger partial charge >= 0.3 is 0 Å². The van der Waals surface area contributed by atoms with Crippen LogP contribution >= 0.6 is 12.4 Å². The summed E-state index contributed by atoms with van der Waals surface area (Å²) in [5.41, 5.74) is 5.66. The first-order valence-corrected chi connectivity index (χ1v) is 10.3. The monoisotopic (exact) mass is 449 g/mol. The van der Waals surface area contributed by atoms with Crippen molar-refractivity contribution in [3.8, 4) is 0 Å². The molecule has 0 unspecified atom stereocenters. The van der Waals surface area contributed by atoms with Crippen molar-refractivity contribution >= 4 is 35.8 Å². The lowest BCUT2D eigenvalue weighted by molar-refractivity contribution is 0.0976. The lowest BCUT2D eigenvalue weighted by atomic mass is 10.2. The molecule has 0 saturated carbocycles. The van der Waals surface area contributed by atoms with Crippen molar-refractivity contribution in [2.75, 3.05) is 31.2 Å². The minimum Gasteiger partial charge on any atom is -0.339 e. The number of carbonyl (C=O) groups excluding carboxylic acids is 1. The number of pyridine rings is 2. The number of aliphatic imine (C=N–C) groups is 1. The second-order valence-electron chi connectivity index (χ2n) is 7.52. The highest BCUT2D eigenvalue weighted by atomic mass is 35.5. The number of benzene rings is 1. The van der Waals surface area contributed by atoms with E-state index in [9.17, 15) is 4.79 Å². The Morgan fingerprint density at radius 1 is 0.938 bits per heavy atom. The van der Waals surface area contributed by atoms with E-state index in [1.807, 2.05) is 12.1 Å². The molecule has 0 aliphatic carbocycles. The minimum atomic E-state index is -0.197. The molecule has 1 aromatic carbocycles. The van der Waals surface area contributed by atoms with Gasteiger partial charge in [-0.25, -0.2) is 9.99 Å². The Bertz CT molecular complexity index is 1090. The van der Waals surface area contributed by atoms with Gasteiger partial charge in [0.25, 0.3) is 5.91 Å². The van der Waals surface area contributed by atoms with E-state index in [1.165, 1.54) is 10.6 Å². The number of carbonyl (C=O) groups is 1. The topological polar surface area (TPSA) is 77.0 Å². The molecule has 2 aliphatic heterocycles. The molecular weight excluding hydrogens is 426 g/mol. The zero-order valence-electron chi connectivity index (χ0n) is 17.5. The Balaban J connectivity index is 0.00000245. The first kappa shape index (κ1) is 21.7. The molecule has 0 bridgehead atoms. The van der Waals surface area contributed by atoms with Crippen LogP contribution in [0.2, 0.25) is 0 Å². The molecule has 1 N–H and O–H groups in total. The second kappa shape index (κ2) is 9.76. The van der Waals surface area contributed by atoms with Crippen LogP contribution in [-0.2, 0) is 6.54 Å². The van der Waals surface area contributed by atoms with E-state index in [-0.39, 0.29) is 18.3 Å². The van der Waals surface area contributed by atoms with E-state index >= 15 is 0 Å². The fourth-order valence-electron chi connectivity index (χ4n) is 3.81. The van der Waals surface area contributed by atoms with Crippen molar-refractivity contribution in [1.82, 2.24) is 25.2 Å². The molecule has 0 atom stereocenters. The van der Waals surface area contributed by atoms with E-state index in [4.69, 9.17) is 4.99 Å². The van der Waals surface area contributed by atoms with Crippen molar-refractivity contribution < 1.29 is 4.79 Å². The van der Waals surface area contributed by atoms with Crippen molar-refractivity contribution in [1.29, 1.82) is 0 Å². The molecule has 5 rings (SSSR count). The maximum absolute atomic E-state index is 13.2. The lowest BCUT2D eigenvalue weighted by Crippen LogP contribution is -2.58. The predicted octanol–water partition coefficient (Wildman–Crippen LogP) is 2.87. The van der Waals surface area contributed by atoms with E-state index in [2.05, 4.69) is 49.5 Å². The molecule has 164 valence electrons. The number of aromatic nitrogens is 2. The normalized spacial score (nSPS) is 15.8. The zero-order valence-corrected chi connectivity index (χ0v) is 18.3. The molecule has 4 heterocycles. The molecule has 9 heteroatoms. The number of halogens is 1. The standard InChI is InChI=1S/C23H23N7O.ClH/c31-22(19-8-4-10-24-16-19)30-20-9-5-11-25-21(20)26-23(27-30)29-14-12-28(13-15-29)17-18-6-2-1-3-7-18;/h1-11,16H,12-15,17H2,(H,25,26,27);1H. The number of nitrogens with zero attached hydrogens (tertiary/aromatic N) is 6. The number of hydrogen-bond donors (Lipinski definition) is 1. The first-order valence-electron chi connectivity index (χ1n) is 10.3. The summed E-state index contributed by atoms with van der Waals surface area (Å²) in [6.07, 6.45) is 4.90. The number of hydrazine groups is 1. The SMILES string of the molecule is Cl.O=C(c1cccnc1)N1NC(N2CCN(Cc3ccccc3)CC2)=Nc2ncccc21. The third kappa shape index (κ3) is 4.56. The van der Waals surface area contributed by atoms with Gasteiger partial charge in [-0.1, -0.05) is 30.3 Å². The summed E-state index contributed by atoms with van der Waals surface area (Å²) < 4.78 is 0. The second-order valence-corrected chi connectivity index (χ2v) is 7.52. The van der Waals surface area contributed by atoms with Crippen molar-refractivity contribution in [3.05, 3.63) is 84.3 Å². The zero-order chi connectivity index (χ0) is 21.0. The van der Waals surface area contributed by atoms with E-state index in [0.29, 0.717) is 23.0 Å². The van der Waals surface area contributed by atoms with Gasteiger partial charge in [-0.15, -0.1) is 12.4 Å². The first-order chi connectivity index (χ1) is 15.3. The van der Waals surface area contributed by atoms with Crippen LogP contribution in [0.3, 0.4) is 0 Å².